The molecule has 0 saturated heterocycles. The van der Waals surface area contributed by atoms with Gasteiger partial charge in [0.25, 0.3) is 11.5 Å². The normalized spacial score (nSPS) is 11.3. The first-order chi connectivity index (χ1) is 15.8. The van der Waals surface area contributed by atoms with Crippen LogP contribution in [0.5, 0.6) is 0 Å². The molecule has 3 aromatic heterocycles. The number of nitrogens with zero attached hydrogens (tertiary/aromatic N) is 5. The number of nitrogens with one attached hydrogen (secondary N) is 2. The fraction of sp³-hybridized carbons (Fsp3) is 0.273. The van der Waals surface area contributed by atoms with Crippen molar-refractivity contribution in [2.45, 2.75) is 39.7 Å². The molecule has 0 aliphatic rings. The number of aromatic nitrogens is 6. The predicted octanol–water partition coefficient (Wildman–Crippen LogP) is 2.59. The fourth-order valence-corrected chi connectivity index (χ4v) is 3.50. The third kappa shape index (κ3) is 4.16. The molecule has 4 rings (SSSR count). The Morgan fingerprint density at radius 1 is 1.24 bits per heavy atom. The number of carbonyl (C=O) groups excluding carboxylic acids is 1. The van der Waals surface area contributed by atoms with E-state index in [-0.39, 0.29) is 33.9 Å². The minimum atomic E-state index is -0.706. The smallest absolute Gasteiger partial charge is 0.322 e. The third-order valence-electron chi connectivity index (χ3n) is 5.12. The molecule has 0 aliphatic carbocycles. The summed E-state index contributed by atoms with van der Waals surface area (Å²) in [6, 6.07) is 5.65. The lowest BCUT2D eigenvalue weighted by atomic mass is 10.0. The molecule has 3 heterocycles. The maximum absolute atomic E-state index is 14.6. The van der Waals surface area contributed by atoms with Crippen LogP contribution < -0.4 is 16.6 Å². The largest absolute Gasteiger partial charge is 0.329 e. The van der Waals surface area contributed by atoms with E-state index in [1.165, 1.54) is 40.1 Å². The monoisotopic (exact) mass is 451 g/mol. The van der Waals surface area contributed by atoms with Crippen molar-refractivity contribution in [1.29, 1.82) is 0 Å². The topological polar surface area (TPSA) is 128 Å². The van der Waals surface area contributed by atoms with Gasteiger partial charge in [0.1, 0.15) is 18.3 Å². The molecule has 0 bridgehead atoms. The standard InChI is InChI=1S/C22H22FN7O3/c1-4-7-29-19-18(21(32)28-22(29)33)14(9-16(27-19)12(2)3)20(31)26-13-5-6-17(15(23)8-13)30-11-24-10-25-30/h5-6,8-12H,4,7H2,1-3H3,(H,26,31)(H,28,32,33). The molecular formula is C22H22FN7O3. The van der Waals surface area contributed by atoms with Crippen LogP contribution in [0.2, 0.25) is 0 Å². The zero-order valence-electron chi connectivity index (χ0n) is 18.3. The van der Waals surface area contributed by atoms with E-state index in [2.05, 4.69) is 25.4 Å². The van der Waals surface area contributed by atoms with Gasteiger partial charge < -0.3 is 5.32 Å². The van der Waals surface area contributed by atoms with Gasteiger partial charge in [-0.2, -0.15) is 5.10 Å². The number of pyridine rings is 1. The Balaban J connectivity index is 1.81. The van der Waals surface area contributed by atoms with Crippen molar-refractivity contribution in [3.63, 3.8) is 0 Å². The summed E-state index contributed by atoms with van der Waals surface area (Å²) < 4.78 is 17.2. The van der Waals surface area contributed by atoms with Crippen LogP contribution in [0.3, 0.4) is 0 Å². The van der Waals surface area contributed by atoms with E-state index in [1.54, 1.807) is 0 Å². The minimum absolute atomic E-state index is 0.00431. The molecule has 11 heteroatoms. The highest BCUT2D eigenvalue weighted by atomic mass is 19.1. The van der Waals surface area contributed by atoms with Gasteiger partial charge in [-0.25, -0.2) is 23.8 Å². The second kappa shape index (κ2) is 8.77. The van der Waals surface area contributed by atoms with Crippen LogP contribution in [0.15, 0.2) is 46.5 Å². The number of aromatic amines is 1. The molecule has 0 fully saturated rings. The van der Waals surface area contributed by atoms with Crippen LogP contribution in [0.4, 0.5) is 10.1 Å². The number of fused-ring (bicyclic) bond motifs is 1. The number of rotatable bonds is 6. The van der Waals surface area contributed by atoms with Gasteiger partial charge in [0, 0.05) is 17.9 Å². The SMILES string of the molecule is CCCn1c(=O)[nH]c(=O)c2c(C(=O)Nc3ccc(-n4cncn4)c(F)c3)cc(C(C)C)nc21. The molecule has 0 unspecified atom stereocenters. The third-order valence-corrected chi connectivity index (χ3v) is 5.12. The Labute approximate surface area is 187 Å². The number of anilines is 1. The fourth-order valence-electron chi connectivity index (χ4n) is 3.50. The average molecular weight is 451 g/mol. The Kier molecular flexibility index (Phi) is 5.86. The summed E-state index contributed by atoms with van der Waals surface area (Å²) in [7, 11) is 0. The molecule has 4 aromatic rings. The second-order valence-electron chi connectivity index (χ2n) is 7.82. The number of aryl methyl sites for hydroxylation is 1. The van der Waals surface area contributed by atoms with Crippen molar-refractivity contribution < 1.29 is 9.18 Å². The summed E-state index contributed by atoms with van der Waals surface area (Å²) >= 11 is 0. The van der Waals surface area contributed by atoms with Gasteiger partial charge in [-0.3, -0.25) is 19.1 Å². The summed E-state index contributed by atoms with van der Waals surface area (Å²) in [5, 5.41) is 6.53. The van der Waals surface area contributed by atoms with Crippen LogP contribution in [0.25, 0.3) is 16.7 Å². The molecule has 33 heavy (non-hydrogen) atoms. The van der Waals surface area contributed by atoms with Gasteiger partial charge in [-0.05, 0) is 36.6 Å². The van der Waals surface area contributed by atoms with E-state index in [0.717, 1.165) is 6.07 Å². The average Bonchev–Trinajstić information content (AvgIpc) is 3.30. The highest BCUT2D eigenvalue weighted by Crippen LogP contribution is 2.22. The Hall–Kier alpha value is -4.15. The van der Waals surface area contributed by atoms with Gasteiger partial charge in [-0.1, -0.05) is 20.8 Å². The predicted molar refractivity (Wildman–Crippen MR) is 120 cm³/mol. The van der Waals surface area contributed by atoms with Crippen LogP contribution >= 0.6 is 0 Å². The molecular weight excluding hydrogens is 429 g/mol. The number of benzene rings is 1. The molecule has 0 radical (unpaired) electrons. The first kappa shape index (κ1) is 22.1. The summed E-state index contributed by atoms with van der Waals surface area (Å²) in [4.78, 5) is 48.8. The summed E-state index contributed by atoms with van der Waals surface area (Å²) in [5.74, 6) is -1.30. The van der Waals surface area contributed by atoms with Crippen molar-refractivity contribution >= 4 is 22.6 Å². The zero-order valence-corrected chi connectivity index (χ0v) is 18.3. The second-order valence-corrected chi connectivity index (χ2v) is 7.82. The number of hydrogen-bond donors (Lipinski definition) is 2. The van der Waals surface area contributed by atoms with E-state index in [1.807, 2.05) is 20.8 Å². The molecule has 0 saturated carbocycles. The maximum atomic E-state index is 14.6. The Bertz CT molecular complexity index is 1460. The summed E-state index contributed by atoms with van der Waals surface area (Å²) in [6.45, 7) is 6.00. The van der Waals surface area contributed by atoms with Gasteiger partial charge in [-0.15, -0.1) is 0 Å². The van der Waals surface area contributed by atoms with Crippen molar-refractivity contribution in [2.75, 3.05) is 5.32 Å². The lowest BCUT2D eigenvalue weighted by Gasteiger charge is -2.15. The van der Waals surface area contributed by atoms with Gasteiger partial charge in [0.15, 0.2) is 11.5 Å². The number of carbonyl (C=O) groups is 1. The number of hydrogen-bond acceptors (Lipinski definition) is 6. The van der Waals surface area contributed by atoms with Gasteiger partial charge >= 0.3 is 5.69 Å². The minimum Gasteiger partial charge on any atom is -0.322 e. The van der Waals surface area contributed by atoms with E-state index >= 15 is 0 Å². The van der Waals surface area contributed by atoms with Crippen molar-refractivity contribution in [2.24, 2.45) is 0 Å². The maximum Gasteiger partial charge on any atom is 0.329 e. The van der Waals surface area contributed by atoms with Gasteiger partial charge in [0.2, 0.25) is 0 Å². The van der Waals surface area contributed by atoms with E-state index in [0.29, 0.717) is 18.7 Å². The van der Waals surface area contributed by atoms with Crippen molar-refractivity contribution in [3.8, 4) is 5.69 Å². The number of halogens is 1. The zero-order chi connectivity index (χ0) is 23.7. The Morgan fingerprint density at radius 2 is 2.03 bits per heavy atom. The summed E-state index contributed by atoms with van der Waals surface area (Å²) in [6.07, 6.45) is 3.27. The van der Waals surface area contributed by atoms with E-state index < -0.39 is 23.0 Å². The molecule has 2 N–H and O–H groups in total. The molecule has 0 spiro atoms. The Morgan fingerprint density at radius 3 is 2.67 bits per heavy atom. The molecule has 1 amide bonds. The van der Waals surface area contributed by atoms with Crippen LogP contribution in [-0.2, 0) is 6.54 Å². The molecule has 0 atom stereocenters. The van der Waals surface area contributed by atoms with Crippen LogP contribution in [-0.4, -0.2) is 35.2 Å². The highest BCUT2D eigenvalue weighted by molar-refractivity contribution is 6.11. The quantitative estimate of drug-likeness (QED) is 0.464. The lowest BCUT2D eigenvalue weighted by Crippen LogP contribution is -2.32. The first-order valence-electron chi connectivity index (χ1n) is 10.4. The van der Waals surface area contributed by atoms with Crippen LogP contribution in [0, 0.1) is 5.82 Å². The molecule has 1 aromatic carbocycles. The lowest BCUT2D eigenvalue weighted by molar-refractivity contribution is 0.102. The van der Waals surface area contributed by atoms with E-state index in [9.17, 15) is 18.8 Å². The molecule has 0 aliphatic heterocycles. The highest BCUT2D eigenvalue weighted by Gasteiger charge is 2.21. The van der Waals surface area contributed by atoms with E-state index in [4.69, 9.17) is 0 Å². The molecule has 170 valence electrons. The molecule has 10 nitrogen and oxygen atoms in total. The van der Waals surface area contributed by atoms with Crippen molar-refractivity contribution in [3.05, 3.63) is 74.8 Å². The summed E-state index contributed by atoms with van der Waals surface area (Å²) in [5.41, 5.74) is -0.180. The van der Waals surface area contributed by atoms with Crippen molar-refractivity contribution in [1.82, 2.24) is 29.3 Å². The van der Waals surface area contributed by atoms with Crippen LogP contribution in [0.1, 0.15) is 49.2 Å². The van der Waals surface area contributed by atoms with Gasteiger partial charge in [0.05, 0.1) is 10.9 Å². The first-order valence-corrected chi connectivity index (χ1v) is 10.4. The number of H-pyrrole nitrogens is 1. The number of amides is 1.